The van der Waals surface area contributed by atoms with Gasteiger partial charge < -0.3 is 14.0 Å². The molecule has 0 aromatic heterocycles. The fraction of sp³-hybridized carbons (Fsp3) is 0.143. The summed E-state index contributed by atoms with van der Waals surface area (Å²) >= 11 is 5.62. The molecule has 0 fully saturated rings. The van der Waals surface area contributed by atoms with Crippen molar-refractivity contribution < 1.29 is 27.2 Å². The van der Waals surface area contributed by atoms with E-state index in [1.807, 2.05) is 0 Å². The van der Waals surface area contributed by atoms with Gasteiger partial charge in [-0.2, -0.15) is 13.2 Å². The zero-order valence-electron chi connectivity index (χ0n) is 11.0. The summed E-state index contributed by atoms with van der Waals surface area (Å²) in [5, 5.41) is -0.0868. The molecule has 0 radical (unpaired) electrons. The minimum absolute atomic E-state index is 0.234. The van der Waals surface area contributed by atoms with Gasteiger partial charge in [-0.15, -0.1) is 0 Å². The van der Waals surface area contributed by atoms with Crippen molar-refractivity contribution in [1.29, 1.82) is 0 Å². The van der Waals surface area contributed by atoms with E-state index in [4.69, 9.17) is 11.6 Å². The summed E-state index contributed by atoms with van der Waals surface area (Å²) in [6.45, 7) is 0. The van der Waals surface area contributed by atoms with Gasteiger partial charge in [-0.25, -0.2) is 0 Å². The fourth-order valence-electron chi connectivity index (χ4n) is 1.76. The average Bonchev–Trinajstić information content (AvgIpc) is 2.46. The Labute approximate surface area is 129 Å². The van der Waals surface area contributed by atoms with Crippen molar-refractivity contribution in [1.82, 2.24) is 0 Å². The van der Waals surface area contributed by atoms with Crippen LogP contribution in [0.4, 0.5) is 13.2 Å². The van der Waals surface area contributed by atoms with E-state index in [9.17, 15) is 22.6 Å². The van der Waals surface area contributed by atoms with Crippen LogP contribution in [-0.4, -0.2) is 6.18 Å². The molecule has 22 heavy (non-hydrogen) atoms. The molecule has 2 aromatic rings. The summed E-state index contributed by atoms with van der Waals surface area (Å²) in [5.74, 6) is 0. The predicted octanol–water partition coefficient (Wildman–Crippen LogP) is 3.84. The van der Waals surface area contributed by atoms with Crippen molar-refractivity contribution in [3.05, 3.63) is 65.2 Å². The molecule has 0 aliphatic heterocycles. The molecule has 0 spiro atoms. The SMILES string of the molecule is O=P([O-])(O[C@H](c1ccc(Cl)cc1)C(F)(F)F)c1ccccc1. The van der Waals surface area contributed by atoms with Gasteiger partial charge in [-0.1, -0.05) is 54.1 Å². The van der Waals surface area contributed by atoms with Crippen molar-refractivity contribution in [3.63, 3.8) is 0 Å². The first-order valence-electron chi connectivity index (χ1n) is 6.07. The highest BCUT2D eigenvalue weighted by Crippen LogP contribution is 2.48. The normalized spacial score (nSPS) is 16.0. The van der Waals surface area contributed by atoms with Crippen LogP contribution in [0.2, 0.25) is 5.02 Å². The van der Waals surface area contributed by atoms with Crippen molar-refractivity contribution in [2.45, 2.75) is 12.3 Å². The highest BCUT2D eigenvalue weighted by atomic mass is 35.5. The zero-order valence-corrected chi connectivity index (χ0v) is 12.6. The van der Waals surface area contributed by atoms with Crippen LogP contribution in [0.15, 0.2) is 54.6 Å². The van der Waals surface area contributed by atoms with E-state index in [0.717, 1.165) is 12.1 Å². The summed E-state index contributed by atoms with van der Waals surface area (Å²) < 4.78 is 55.9. The van der Waals surface area contributed by atoms with Gasteiger partial charge in [-0.05, 0) is 17.7 Å². The maximum absolute atomic E-state index is 13.1. The third-order valence-electron chi connectivity index (χ3n) is 2.79. The van der Waals surface area contributed by atoms with Crippen LogP contribution in [0, 0.1) is 0 Å². The number of alkyl halides is 3. The lowest BCUT2D eigenvalue weighted by Gasteiger charge is -2.30. The van der Waals surface area contributed by atoms with E-state index in [0.29, 0.717) is 0 Å². The Morgan fingerprint density at radius 2 is 1.59 bits per heavy atom. The van der Waals surface area contributed by atoms with Gasteiger partial charge in [0.25, 0.3) is 0 Å². The highest BCUT2D eigenvalue weighted by Gasteiger charge is 2.44. The third kappa shape index (κ3) is 4.11. The Kier molecular flexibility index (Phi) is 4.97. The highest BCUT2D eigenvalue weighted by molar-refractivity contribution is 7.59. The monoisotopic (exact) mass is 349 g/mol. The van der Waals surface area contributed by atoms with E-state index < -0.39 is 19.9 Å². The number of hydrogen-bond donors (Lipinski definition) is 0. The fourth-order valence-corrected chi connectivity index (χ4v) is 3.06. The molecular weight excluding hydrogens is 340 g/mol. The number of halogens is 4. The maximum Gasteiger partial charge on any atom is 0.419 e. The molecule has 0 saturated carbocycles. The van der Waals surface area contributed by atoms with E-state index in [2.05, 4.69) is 4.52 Å². The van der Waals surface area contributed by atoms with Crippen molar-refractivity contribution in [2.24, 2.45) is 0 Å². The summed E-state index contributed by atoms with van der Waals surface area (Å²) in [7, 11) is -4.88. The zero-order chi connectivity index (χ0) is 16.4. The maximum atomic E-state index is 13.1. The van der Waals surface area contributed by atoms with E-state index in [-0.39, 0.29) is 15.9 Å². The Bertz CT molecular complexity index is 674. The Morgan fingerprint density at radius 1 is 1.05 bits per heavy atom. The molecule has 0 bridgehead atoms. The largest absolute Gasteiger partial charge is 0.775 e. The lowest BCUT2D eigenvalue weighted by Crippen LogP contribution is -2.27. The van der Waals surface area contributed by atoms with Crippen LogP contribution >= 0.6 is 19.2 Å². The van der Waals surface area contributed by atoms with Crippen LogP contribution in [0.5, 0.6) is 0 Å². The molecule has 3 nitrogen and oxygen atoms in total. The molecule has 0 heterocycles. The molecule has 0 aliphatic carbocycles. The van der Waals surface area contributed by atoms with Crippen LogP contribution in [-0.2, 0) is 9.09 Å². The van der Waals surface area contributed by atoms with Crippen LogP contribution in [0.1, 0.15) is 11.7 Å². The van der Waals surface area contributed by atoms with Gasteiger partial charge >= 0.3 is 6.18 Å². The summed E-state index contributed by atoms with van der Waals surface area (Å²) in [6, 6.07) is 11.3. The Morgan fingerprint density at radius 3 is 2.09 bits per heavy atom. The van der Waals surface area contributed by atoms with Crippen LogP contribution in [0.25, 0.3) is 0 Å². The van der Waals surface area contributed by atoms with Crippen molar-refractivity contribution >= 4 is 24.5 Å². The van der Waals surface area contributed by atoms with Gasteiger partial charge in [0.2, 0.25) is 0 Å². The van der Waals surface area contributed by atoms with E-state index in [1.54, 1.807) is 6.07 Å². The van der Waals surface area contributed by atoms with Gasteiger partial charge in [0, 0.05) is 10.3 Å². The van der Waals surface area contributed by atoms with Gasteiger partial charge in [0.1, 0.15) is 0 Å². The molecular formula is C14H10ClF3O3P-. The summed E-state index contributed by atoms with van der Waals surface area (Å²) in [4.78, 5) is 12.0. The molecule has 2 aromatic carbocycles. The number of benzene rings is 2. The average molecular weight is 350 g/mol. The van der Waals surface area contributed by atoms with Crippen LogP contribution < -0.4 is 10.2 Å². The summed E-state index contributed by atoms with van der Waals surface area (Å²) in [6.07, 6.45) is -7.48. The molecule has 2 atom stereocenters. The Hall–Kier alpha value is -1.33. The first-order valence-corrected chi connectivity index (χ1v) is 7.99. The molecule has 0 amide bonds. The molecule has 0 N–H and O–H groups in total. The molecule has 8 heteroatoms. The molecule has 0 aliphatic rings. The quantitative estimate of drug-likeness (QED) is 0.788. The Balaban J connectivity index is 2.36. The van der Waals surface area contributed by atoms with E-state index >= 15 is 0 Å². The second kappa shape index (κ2) is 6.42. The standard InChI is InChI=1S/C14H11ClF3O3P/c15-11-8-6-10(7-9-11)13(14(16,17)18)21-22(19,20)12-4-2-1-3-5-12/h1-9,13H,(H,19,20)/p-1/t13-/m1/s1. The predicted molar refractivity (Wildman–Crippen MR) is 75.0 cm³/mol. The molecule has 1 unspecified atom stereocenters. The lowest BCUT2D eigenvalue weighted by atomic mass is 10.1. The first-order chi connectivity index (χ1) is 10.2. The van der Waals surface area contributed by atoms with Crippen molar-refractivity contribution in [2.75, 3.05) is 0 Å². The minimum atomic E-state index is -4.89. The molecule has 118 valence electrons. The molecule has 0 saturated heterocycles. The van der Waals surface area contributed by atoms with Gasteiger partial charge in [0.05, 0.1) is 0 Å². The lowest BCUT2D eigenvalue weighted by molar-refractivity contribution is -0.237. The third-order valence-corrected chi connectivity index (χ3v) is 4.46. The van der Waals surface area contributed by atoms with Crippen LogP contribution in [0.3, 0.4) is 0 Å². The van der Waals surface area contributed by atoms with E-state index in [1.165, 1.54) is 36.4 Å². The first kappa shape index (κ1) is 17.0. The molecule has 2 rings (SSSR count). The topological polar surface area (TPSA) is 49.4 Å². The smallest absolute Gasteiger partial charge is 0.419 e. The second-order valence-electron chi connectivity index (χ2n) is 4.41. The summed E-state index contributed by atoms with van der Waals surface area (Å²) in [5.41, 5.74) is -0.344. The van der Waals surface area contributed by atoms with Gasteiger partial charge in [0.15, 0.2) is 13.7 Å². The minimum Gasteiger partial charge on any atom is -0.775 e. The number of hydrogen-bond acceptors (Lipinski definition) is 3. The number of rotatable bonds is 4. The van der Waals surface area contributed by atoms with Crippen molar-refractivity contribution in [3.8, 4) is 0 Å². The second-order valence-corrected chi connectivity index (χ2v) is 6.57. The van der Waals surface area contributed by atoms with Gasteiger partial charge in [-0.3, -0.25) is 0 Å².